The average molecular weight is 682 g/mol. The summed E-state index contributed by atoms with van der Waals surface area (Å²) in [6.07, 6.45) is 0.533. The van der Waals surface area contributed by atoms with Crippen LogP contribution in [-0.2, 0) is 11.3 Å². The number of hydrazone groups is 1. The number of halogens is 2. The van der Waals surface area contributed by atoms with Crippen LogP contribution in [0.15, 0.2) is 98.3 Å². The number of carbonyl (C=O) groups excluding carboxylic acids is 2. The number of rotatable bonds is 9. The van der Waals surface area contributed by atoms with Crippen LogP contribution in [0.4, 0.5) is 4.39 Å². The first kappa shape index (κ1) is 28.5. The number of aromatic nitrogens is 3. The first-order valence-corrected chi connectivity index (χ1v) is 16.3. The van der Waals surface area contributed by atoms with Crippen LogP contribution >= 0.6 is 50.4 Å². The summed E-state index contributed by atoms with van der Waals surface area (Å²) in [5, 5.41) is 22.1. The molecule has 0 spiro atoms. The molecular formula is C29H22BrFN6O2S3. The predicted octanol–water partition coefficient (Wildman–Crippen LogP) is 6.69. The van der Waals surface area contributed by atoms with Crippen molar-refractivity contribution in [2.24, 2.45) is 5.10 Å². The van der Waals surface area contributed by atoms with Gasteiger partial charge < -0.3 is 5.32 Å². The van der Waals surface area contributed by atoms with E-state index in [1.54, 1.807) is 29.5 Å². The lowest BCUT2D eigenvalue weighted by atomic mass is 10.0. The normalized spacial score (nSPS) is 14.7. The van der Waals surface area contributed by atoms with Crippen LogP contribution in [-0.4, -0.2) is 43.1 Å². The molecule has 42 heavy (non-hydrogen) atoms. The van der Waals surface area contributed by atoms with Gasteiger partial charge in [0.25, 0.3) is 11.8 Å². The Balaban J connectivity index is 1.24. The van der Waals surface area contributed by atoms with E-state index in [1.165, 1.54) is 40.2 Å². The molecule has 0 fully saturated rings. The lowest BCUT2D eigenvalue weighted by Crippen LogP contribution is -2.28. The van der Waals surface area contributed by atoms with Crippen molar-refractivity contribution in [1.82, 2.24) is 25.1 Å². The van der Waals surface area contributed by atoms with Gasteiger partial charge in [-0.2, -0.15) is 5.10 Å². The highest BCUT2D eigenvalue weighted by Gasteiger charge is 2.33. The molecule has 3 aromatic heterocycles. The Hall–Kier alpha value is -3.65. The van der Waals surface area contributed by atoms with Crippen LogP contribution in [0.25, 0.3) is 5.69 Å². The number of carbonyl (C=O) groups is 2. The Kier molecular flexibility index (Phi) is 8.60. The average Bonchev–Trinajstić information content (AvgIpc) is 3.82. The summed E-state index contributed by atoms with van der Waals surface area (Å²) in [5.41, 5.74) is 2.42. The molecule has 6 rings (SSSR count). The Labute approximate surface area is 261 Å². The zero-order valence-electron chi connectivity index (χ0n) is 21.8. The maximum atomic E-state index is 13.7. The maximum absolute atomic E-state index is 13.7. The summed E-state index contributed by atoms with van der Waals surface area (Å²) in [4.78, 5) is 27.8. The van der Waals surface area contributed by atoms with Gasteiger partial charge in [0.05, 0.1) is 33.8 Å². The van der Waals surface area contributed by atoms with E-state index in [0.29, 0.717) is 22.3 Å². The van der Waals surface area contributed by atoms with Crippen molar-refractivity contribution in [3.05, 3.63) is 115 Å². The van der Waals surface area contributed by atoms with Gasteiger partial charge >= 0.3 is 0 Å². The second-order valence-corrected chi connectivity index (χ2v) is 12.9. The van der Waals surface area contributed by atoms with E-state index in [0.717, 1.165) is 26.3 Å². The van der Waals surface area contributed by atoms with E-state index in [-0.39, 0.29) is 36.0 Å². The van der Waals surface area contributed by atoms with Gasteiger partial charge in [0.15, 0.2) is 11.0 Å². The summed E-state index contributed by atoms with van der Waals surface area (Å²) < 4.78 is 16.4. The second-order valence-electron chi connectivity index (χ2n) is 9.19. The number of thioether (sulfide) groups is 1. The summed E-state index contributed by atoms with van der Waals surface area (Å²) in [6.45, 7) is 0.154. The predicted molar refractivity (Wildman–Crippen MR) is 167 cm³/mol. The zero-order valence-corrected chi connectivity index (χ0v) is 25.9. The van der Waals surface area contributed by atoms with E-state index in [4.69, 9.17) is 5.10 Å². The van der Waals surface area contributed by atoms with Crippen molar-refractivity contribution < 1.29 is 14.0 Å². The number of amides is 2. The smallest absolute Gasteiger partial charge is 0.261 e. The van der Waals surface area contributed by atoms with Gasteiger partial charge in [-0.3, -0.25) is 14.2 Å². The minimum absolute atomic E-state index is 0.0507. The highest BCUT2D eigenvalue weighted by molar-refractivity contribution is 9.10. The zero-order chi connectivity index (χ0) is 29.1. The minimum Gasteiger partial charge on any atom is -0.344 e. The van der Waals surface area contributed by atoms with E-state index in [9.17, 15) is 14.0 Å². The molecule has 4 heterocycles. The van der Waals surface area contributed by atoms with Crippen molar-refractivity contribution in [1.29, 1.82) is 0 Å². The number of nitrogens with one attached hydrogen (secondary N) is 1. The Morgan fingerprint density at radius 3 is 2.48 bits per heavy atom. The Morgan fingerprint density at radius 2 is 1.76 bits per heavy atom. The molecule has 1 N–H and O–H groups in total. The van der Waals surface area contributed by atoms with E-state index >= 15 is 0 Å². The Bertz CT molecular complexity index is 1720. The summed E-state index contributed by atoms with van der Waals surface area (Å²) in [5.74, 6) is -0.159. The number of benzene rings is 2. The first-order valence-electron chi connectivity index (χ1n) is 12.8. The molecule has 0 aliphatic carbocycles. The molecule has 0 bridgehead atoms. The molecule has 0 unspecified atom stereocenters. The number of nitrogens with zero attached hydrogens (tertiary/aromatic N) is 5. The van der Waals surface area contributed by atoms with Gasteiger partial charge in [-0.25, -0.2) is 9.40 Å². The highest BCUT2D eigenvalue weighted by atomic mass is 79.9. The molecule has 5 aromatic rings. The standard InChI is InChI=1S/C29H22BrFN6O2S3/c30-19-7-11-21(12-8-19)36-26(16-32-28(39)25-4-2-14-41-25)33-34-29(36)42-17-27(38)37-23(18-5-9-20(31)10-6-18)15-22(35-37)24-3-1-13-40-24/h1-14,23H,15-17H2,(H,32,39)/t23-/m1/s1. The molecule has 0 saturated heterocycles. The first-order chi connectivity index (χ1) is 20.5. The second kappa shape index (κ2) is 12.7. The van der Waals surface area contributed by atoms with Crippen LogP contribution in [0.5, 0.6) is 0 Å². The summed E-state index contributed by atoms with van der Waals surface area (Å²) in [7, 11) is 0. The minimum atomic E-state index is -0.344. The van der Waals surface area contributed by atoms with Gasteiger partial charge in [0.1, 0.15) is 5.82 Å². The fourth-order valence-corrected chi connectivity index (χ4v) is 6.93. The van der Waals surface area contributed by atoms with Crippen molar-refractivity contribution in [2.75, 3.05) is 5.75 Å². The van der Waals surface area contributed by atoms with Crippen molar-refractivity contribution in [3.8, 4) is 5.69 Å². The molecule has 1 aliphatic rings. The molecular weight excluding hydrogens is 659 g/mol. The quantitative estimate of drug-likeness (QED) is 0.175. The van der Waals surface area contributed by atoms with E-state index < -0.39 is 0 Å². The van der Waals surface area contributed by atoms with E-state index in [1.807, 2.05) is 57.8 Å². The van der Waals surface area contributed by atoms with Gasteiger partial charge in [0, 0.05) is 16.6 Å². The fourth-order valence-electron chi connectivity index (χ4n) is 4.48. The van der Waals surface area contributed by atoms with Gasteiger partial charge in [0.2, 0.25) is 0 Å². The molecule has 1 atom stereocenters. The molecule has 0 saturated carbocycles. The van der Waals surface area contributed by atoms with Crippen LogP contribution in [0.3, 0.4) is 0 Å². The molecule has 2 aromatic carbocycles. The van der Waals surface area contributed by atoms with Crippen LogP contribution in [0, 0.1) is 5.82 Å². The molecule has 212 valence electrons. The third kappa shape index (κ3) is 6.24. The van der Waals surface area contributed by atoms with E-state index in [2.05, 4.69) is 31.4 Å². The SMILES string of the molecule is O=C(NCc1nnc(SCC(=O)N2N=C(c3cccs3)C[C@@H]2c2ccc(F)cc2)n1-c1ccc(Br)cc1)c1cccs1. The van der Waals surface area contributed by atoms with Crippen LogP contribution in [0.1, 0.15) is 38.4 Å². The molecule has 8 nitrogen and oxygen atoms in total. The van der Waals surface area contributed by atoms with Crippen LogP contribution in [0.2, 0.25) is 0 Å². The fraction of sp³-hybridized carbons (Fsp3) is 0.138. The maximum Gasteiger partial charge on any atom is 0.261 e. The highest BCUT2D eigenvalue weighted by Crippen LogP contribution is 2.35. The molecule has 2 amide bonds. The van der Waals surface area contributed by atoms with Crippen LogP contribution < -0.4 is 5.32 Å². The van der Waals surface area contributed by atoms with Crippen molar-refractivity contribution in [2.45, 2.75) is 24.2 Å². The van der Waals surface area contributed by atoms with Gasteiger partial charge in [-0.1, -0.05) is 52.0 Å². The van der Waals surface area contributed by atoms with Crippen molar-refractivity contribution in [3.63, 3.8) is 0 Å². The van der Waals surface area contributed by atoms with Gasteiger partial charge in [-0.15, -0.1) is 32.9 Å². The van der Waals surface area contributed by atoms with Gasteiger partial charge in [-0.05, 0) is 64.9 Å². The molecule has 1 aliphatic heterocycles. The molecule has 13 heteroatoms. The monoisotopic (exact) mass is 680 g/mol. The number of thiophene rings is 2. The number of hydrogen-bond donors (Lipinski definition) is 1. The van der Waals surface area contributed by atoms with Crippen molar-refractivity contribution >= 4 is 67.9 Å². The summed E-state index contributed by atoms with van der Waals surface area (Å²) >= 11 is 7.64. The number of hydrogen-bond acceptors (Lipinski definition) is 8. The third-order valence-electron chi connectivity index (χ3n) is 6.49. The largest absolute Gasteiger partial charge is 0.344 e. The topological polar surface area (TPSA) is 92.5 Å². The molecule has 0 radical (unpaired) electrons. The Morgan fingerprint density at radius 1 is 1.00 bits per heavy atom. The summed E-state index contributed by atoms with van der Waals surface area (Å²) in [6, 6.07) is 21.0. The lowest BCUT2D eigenvalue weighted by molar-refractivity contribution is -0.130. The third-order valence-corrected chi connectivity index (χ3v) is 9.72. The lowest BCUT2D eigenvalue weighted by Gasteiger charge is -2.22.